The lowest BCUT2D eigenvalue weighted by Gasteiger charge is -2.28. The molecule has 0 spiro atoms. The van der Waals surface area contributed by atoms with E-state index < -0.39 is 11.6 Å². The molecule has 142 valence electrons. The van der Waals surface area contributed by atoms with E-state index in [1.807, 2.05) is 20.8 Å². The Kier molecular flexibility index (Phi) is 6.59. The summed E-state index contributed by atoms with van der Waals surface area (Å²) in [7, 11) is 0. The average molecular weight is 389 g/mol. The van der Waals surface area contributed by atoms with Gasteiger partial charge in [0, 0.05) is 17.3 Å². The fourth-order valence-corrected chi connectivity index (χ4v) is 3.05. The van der Waals surface area contributed by atoms with Gasteiger partial charge in [-0.1, -0.05) is 6.92 Å². The van der Waals surface area contributed by atoms with Crippen LogP contribution in [-0.2, 0) is 0 Å². The minimum absolute atomic E-state index is 0.0822. The number of carboxylic acid groups (broad SMARTS) is 1. The first-order valence-corrected chi connectivity index (χ1v) is 8.75. The Morgan fingerprint density at radius 2 is 2.19 bits per heavy atom. The summed E-state index contributed by atoms with van der Waals surface area (Å²) in [5.41, 5.74) is 1.18. The van der Waals surface area contributed by atoms with Crippen molar-refractivity contribution in [3.63, 3.8) is 0 Å². The highest BCUT2D eigenvalue weighted by molar-refractivity contribution is 6.28. The third-order valence-corrected chi connectivity index (χ3v) is 4.03. The Hall–Kier alpha value is -2.85. The molecular formula is C19H21ClN4O3. The van der Waals surface area contributed by atoms with Crippen molar-refractivity contribution in [2.45, 2.75) is 32.7 Å². The quantitative estimate of drug-likeness (QED) is 0.690. The van der Waals surface area contributed by atoms with Gasteiger partial charge in [0.15, 0.2) is 0 Å². The first kappa shape index (κ1) is 20.5. The van der Waals surface area contributed by atoms with Crippen molar-refractivity contribution < 1.29 is 14.6 Å². The molecule has 1 aromatic heterocycles. The Balaban J connectivity index is 2.07. The van der Waals surface area contributed by atoms with Gasteiger partial charge in [-0.05, 0) is 62.1 Å². The van der Waals surface area contributed by atoms with Crippen LogP contribution in [0.25, 0.3) is 11.3 Å². The number of nitrogens with one attached hydrogen (secondary N) is 1. The number of aromatic nitrogens is 2. The standard InChI is InChI=1S/C19H21ClN4O3/c1-12(9-19(2,3)24-18(25)26)11-27-16-5-4-13(8-14(16)10-21)15-6-7-22-17(20)23-15/h4-8,12,24H,9,11H2,1-3H3,(H,25,26)/t12-/m0/s1. The van der Waals surface area contributed by atoms with Gasteiger partial charge in [-0.3, -0.25) is 0 Å². The molecule has 7 nitrogen and oxygen atoms in total. The Bertz CT molecular complexity index is 864. The summed E-state index contributed by atoms with van der Waals surface area (Å²) in [5, 5.41) is 20.9. The zero-order valence-corrected chi connectivity index (χ0v) is 16.1. The molecule has 0 aliphatic carbocycles. The van der Waals surface area contributed by atoms with E-state index in [4.69, 9.17) is 21.4 Å². The van der Waals surface area contributed by atoms with Crippen LogP contribution in [0.3, 0.4) is 0 Å². The van der Waals surface area contributed by atoms with Crippen LogP contribution in [0, 0.1) is 17.2 Å². The molecule has 27 heavy (non-hydrogen) atoms. The lowest BCUT2D eigenvalue weighted by molar-refractivity contribution is 0.169. The predicted molar refractivity (Wildman–Crippen MR) is 102 cm³/mol. The van der Waals surface area contributed by atoms with E-state index in [0.29, 0.717) is 30.0 Å². The van der Waals surface area contributed by atoms with Crippen molar-refractivity contribution in [3.8, 4) is 23.1 Å². The highest BCUT2D eigenvalue weighted by Gasteiger charge is 2.23. The fourth-order valence-electron chi connectivity index (χ4n) is 2.90. The molecule has 0 unspecified atom stereocenters. The lowest BCUT2D eigenvalue weighted by Crippen LogP contribution is -2.44. The largest absolute Gasteiger partial charge is 0.492 e. The number of benzene rings is 1. The molecule has 2 N–H and O–H groups in total. The minimum Gasteiger partial charge on any atom is -0.492 e. The molecule has 2 aromatic rings. The molecule has 0 aliphatic rings. The molecule has 0 fully saturated rings. The smallest absolute Gasteiger partial charge is 0.405 e. The first-order chi connectivity index (χ1) is 12.7. The average Bonchev–Trinajstić information content (AvgIpc) is 2.58. The normalized spacial score (nSPS) is 12.1. The number of amides is 1. The summed E-state index contributed by atoms with van der Waals surface area (Å²) in [5.74, 6) is 0.552. The van der Waals surface area contributed by atoms with E-state index in [2.05, 4.69) is 21.4 Å². The SMILES string of the molecule is C[C@H](COc1ccc(-c2ccnc(Cl)n2)cc1C#N)CC(C)(C)NC(=O)O. The van der Waals surface area contributed by atoms with Gasteiger partial charge in [0.1, 0.15) is 11.8 Å². The van der Waals surface area contributed by atoms with Crippen LogP contribution in [-0.4, -0.2) is 33.3 Å². The maximum absolute atomic E-state index is 10.8. The Labute approximate surface area is 163 Å². The van der Waals surface area contributed by atoms with E-state index in [1.54, 1.807) is 30.5 Å². The summed E-state index contributed by atoms with van der Waals surface area (Å²) >= 11 is 5.81. The zero-order chi connectivity index (χ0) is 20.0. The molecule has 1 amide bonds. The number of ether oxygens (including phenoxy) is 1. The van der Waals surface area contributed by atoms with Gasteiger partial charge in [0.05, 0.1) is 17.9 Å². The van der Waals surface area contributed by atoms with Gasteiger partial charge in [0.2, 0.25) is 5.28 Å². The summed E-state index contributed by atoms with van der Waals surface area (Å²) in [6.07, 6.45) is 1.09. The third-order valence-electron chi connectivity index (χ3n) is 3.85. The van der Waals surface area contributed by atoms with E-state index >= 15 is 0 Å². The molecule has 1 atom stereocenters. The van der Waals surface area contributed by atoms with E-state index in [0.717, 1.165) is 5.56 Å². The molecule has 0 bridgehead atoms. The van der Waals surface area contributed by atoms with Crippen molar-refractivity contribution in [1.29, 1.82) is 5.26 Å². The highest BCUT2D eigenvalue weighted by Crippen LogP contribution is 2.26. The van der Waals surface area contributed by atoms with Crippen LogP contribution in [0.1, 0.15) is 32.8 Å². The maximum atomic E-state index is 10.8. The van der Waals surface area contributed by atoms with Gasteiger partial charge in [-0.15, -0.1) is 0 Å². The second kappa shape index (κ2) is 8.69. The second-order valence-electron chi connectivity index (χ2n) is 6.97. The van der Waals surface area contributed by atoms with Gasteiger partial charge < -0.3 is 15.2 Å². The van der Waals surface area contributed by atoms with Crippen molar-refractivity contribution in [3.05, 3.63) is 41.3 Å². The molecular weight excluding hydrogens is 368 g/mol. The fraction of sp³-hybridized carbons (Fsp3) is 0.368. The second-order valence-corrected chi connectivity index (χ2v) is 7.31. The van der Waals surface area contributed by atoms with E-state index in [9.17, 15) is 10.1 Å². The molecule has 0 saturated carbocycles. The van der Waals surface area contributed by atoms with Crippen LogP contribution < -0.4 is 10.1 Å². The zero-order valence-electron chi connectivity index (χ0n) is 15.4. The van der Waals surface area contributed by atoms with E-state index in [1.165, 1.54) is 0 Å². The summed E-state index contributed by atoms with van der Waals surface area (Å²) < 4.78 is 5.80. The minimum atomic E-state index is -1.06. The van der Waals surface area contributed by atoms with Gasteiger partial charge in [0.25, 0.3) is 0 Å². The topological polar surface area (TPSA) is 108 Å². The predicted octanol–water partition coefficient (Wildman–Crippen LogP) is 4.12. The molecule has 1 aromatic carbocycles. The molecule has 0 radical (unpaired) electrons. The highest BCUT2D eigenvalue weighted by atomic mass is 35.5. The monoisotopic (exact) mass is 388 g/mol. The summed E-state index contributed by atoms with van der Waals surface area (Å²) in [4.78, 5) is 18.8. The van der Waals surface area contributed by atoms with Crippen molar-refractivity contribution >= 4 is 17.7 Å². The van der Waals surface area contributed by atoms with Crippen LogP contribution in [0.4, 0.5) is 4.79 Å². The molecule has 1 heterocycles. The van der Waals surface area contributed by atoms with Crippen LogP contribution in [0.5, 0.6) is 5.75 Å². The van der Waals surface area contributed by atoms with E-state index in [-0.39, 0.29) is 11.2 Å². The van der Waals surface area contributed by atoms with Crippen molar-refractivity contribution in [1.82, 2.24) is 15.3 Å². The van der Waals surface area contributed by atoms with Crippen LogP contribution in [0.15, 0.2) is 30.5 Å². The summed E-state index contributed by atoms with van der Waals surface area (Å²) in [6, 6.07) is 9.05. The number of nitrogens with zero attached hydrogens (tertiary/aromatic N) is 3. The molecule has 0 saturated heterocycles. The maximum Gasteiger partial charge on any atom is 0.405 e. The van der Waals surface area contributed by atoms with Crippen LogP contribution >= 0.6 is 11.6 Å². The lowest BCUT2D eigenvalue weighted by atomic mass is 9.92. The Morgan fingerprint density at radius 3 is 2.81 bits per heavy atom. The third kappa shape index (κ3) is 6.12. The number of hydrogen-bond acceptors (Lipinski definition) is 5. The molecule has 2 rings (SSSR count). The van der Waals surface area contributed by atoms with Crippen LogP contribution in [0.2, 0.25) is 5.28 Å². The number of carbonyl (C=O) groups is 1. The molecule has 0 aliphatic heterocycles. The number of halogens is 1. The molecule has 8 heteroatoms. The van der Waals surface area contributed by atoms with Gasteiger partial charge in [-0.25, -0.2) is 14.8 Å². The van der Waals surface area contributed by atoms with Gasteiger partial charge in [-0.2, -0.15) is 5.26 Å². The number of rotatable bonds is 7. The van der Waals surface area contributed by atoms with Crippen molar-refractivity contribution in [2.24, 2.45) is 5.92 Å². The number of hydrogen-bond donors (Lipinski definition) is 2. The number of nitriles is 1. The first-order valence-electron chi connectivity index (χ1n) is 8.37. The Morgan fingerprint density at radius 1 is 1.44 bits per heavy atom. The van der Waals surface area contributed by atoms with Gasteiger partial charge >= 0.3 is 6.09 Å². The summed E-state index contributed by atoms with van der Waals surface area (Å²) in [6.45, 7) is 5.96. The van der Waals surface area contributed by atoms with Crippen molar-refractivity contribution in [2.75, 3.05) is 6.61 Å².